The molecule has 70 valence electrons. The zero-order valence-corrected chi connectivity index (χ0v) is 7.44. The highest BCUT2D eigenvalue weighted by molar-refractivity contribution is 5.50. The van der Waals surface area contributed by atoms with Gasteiger partial charge in [0.15, 0.2) is 0 Å². The highest BCUT2D eigenvalue weighted by atomic mass is 19.1. The predicted octanol–water partition coefficient (Wildman–Crippen LogP) is 1.74. The normalized spacial score (nSPS) is 27.2. The predicted molar refractivity (Wildman–Crippen MR) is 49.0 cm³/mol. The van der Waals surface area contributed by atoms with E-state index < -0.39 is 6.23 Å². The molecule has 0 aromatic heterocycles. The van der Waals surface area contributed by atoms with E-state index in [1.165, 1.54) is 12.1 Å². The van der Waals surface area contributed by atoms with Crippen molar-refractivity contribution in [3.8, 4) is 0 Å². The second-order valence-electron chi connectivity index (χ2n) is 3.45. The molecule has 2 rings (SSSR count). The maximum atomic E-state index is 12.6. The van der Waals surface area contributed by atoms with Crippen LogP contribution >= 0.6 is 0 Å². The molecular weight excluding hydrogens is 169 g/mol. The van der Waals surface area contributed by atoms with Gasteiger partial charge in [0.2, 0.25) is 0 Å². The smallest absolute Gasteiger partial charge is 0.129 e. The van der Waals surface area contributed by atoms with Crippen molar-refractivity contribution in [1.82, 2.24) is 0 Å². The Morgan fingerprint density at radius 2 is 2.00 bits per heavy atom. The van der Waals surface area contributed by atoms with Crippen molar-refractivity contribution in [1.29, 1.82) is 0 Å². The minimum Gasteiger partial charge on any atom is -0.374 e. The molecule has 1 N–H and O–H groups in total. The summed E-state index contributed by atoms with van der Waals surface area (Å²) in [7, 11) is 0. The molecule has 1 aliphatic heterocycles. The molecule has 2 nitrogen and oxygen atoms in total. The van der Waals surface area contributed by atoms with Crippen molar-refractivity contribution in [2.75, 3.05) is 4.90 Å². The van der Waals surface area contributed by atoms with Gasteiger partial charge in [-0.3, -0.25) is 0 Å². The molecule has 1 aromatic carbocycles. The monoisotopic (exact) mass is 181 g/mol. The highest BCUT2D eigenvalue weighted by Crippen LogP contribution is 2.30. The van der Waals surface area contributed by atoms with Crippen LogP contribution in [0.4, 0.5) is 10.1 Å². The molecule has 0 spiro atoms. The Morgan fingerprint density at radius 1 is 1.38 bits per heavy atom. The minimum absolute atomic E-state index is 0.244. The first-order valence-electron chi connectivity index (χ1n) is 4.40. The molecule has 1 heterocycles. The average Bonchev–Trinajstić information content (AvgIpc) is 2.09. The van der Waals surface area contributed by atoms with Crippen LogP contribution in [0.25, 0.3) is 0 Å². The highest BCUT2D eigenvalue weighted by Gasteiger charge is 2.33. The van der Waals surface area contributed by atoms with Crippen LogP contribution in [0.15, 0.2) is 24.3 Å². The maximum Gasteiger partial charge on any atom is 0.129 e. The fourth-order valence-corrected chi connectivity index (χ4v) is 1.73. The van der Waals surface area contributed by atoms with Gasteiger partial charge in [-0.05, 0) is 31.2 Å². The molecule has 13 heavy (non-hydrogen) atoms. The molecule has 1 aliphatic rings. The quantitative estimate of drug-likeness (QED) is 0.713. The first-order valence-corrected chi connectivity index (χ1v) is 4.40. The van der Waals surface area contributed by atoms with E-state index in [-0.39, 0.29) is 5.82 Å². The van der Waals surface area contributed by atoms with Crippen LogP contribution in [-0.2, 0) is 0 Å². The third-order valence-corrected chi connectivity index (χ3v) is 2.47. The molecule has 1 fully saturated rings. The third kappa shape index (κ3) is 1.40. The van der Waals surface area contributed by atoms with Gasteiger partial charge >= 0.3 is 0 Å². The Labute approximate surface area is 76.6 Å². The van der Waals surface area contributed by atoms with Gasteiger partial charge < -0.3 is 10.0 Å². The van der Waals surface area contributed by atoms with E-state index in [2.05, 4.69) is 0 Å². The Morgan fingerprint density at radius 3 is 2.46 bits per heavy atom. The summed E-state index contributed by atoms with van der Waals surface area (Å²) in [5.41, 5.74) is 0.882. The fourth-order valence-electron chi connectivity index (χ4n) is 1.73. The van der Waals surface area contributed by atoms with Crippen molar-refractivity contribution < 1.29 is 9.50 Å². The van der Waals surface area contributed by atoms with Crippen LogP contribution in [0.3, 0.4) is 0 Å². The summed E-state index contributed by atoms with van der Waals surface area (Å²) in [5.74, 6) is -0.244. The Balaban J connectivity index is 2.21. The lowest BCUT2D eigenvalue weighted by Gasteiger charge is -2.45. The van der Waals surface area contributed by atoms with E-state index in [1.807, 2.05) is 11.8 Å². The number of hydrogen-bond acceptors (Lipinski definition) is 2. The minimum atomic E-state index is -0.402. The number of hydrogen-bond donors (Lipinski definition) is 1. The van der Waals surface area contributed by atoms with Crippen LogP contribution in [-0.4, -0.2) is 17.4 Å². The molecule has 2 unspecified atom stereocenters. The van der Waals surface area contributed by atoms with Gasteiger partial charge in [0.25, 0.3) is 0 Å². The number of aliphatic hydroxyl groups excluding tert-OH is 1. The van der Waals surface area contributed by atoms with E-state index in [0.29, 0.717) is 6.04 Å². The Hall–Kier alpha value is -1.09. The summed E-state index contributed by atoms with van der Waals surface area (Å²) < 4.78 is 12.6. The van der Waals surface area contributed by atoms with Crippen LogP contribution in [0, 0.1) is 5.82 Å². The van der Waals surface area contributed by atoms with Gasteiger partial charge in [-0.15, -0.1) is 0 Å². The molecule has 0 amide bonds. The maximum absolute atomic E-state index is 12.6. The van der Waals surface area contributed by atoms with Crippen LogP contribution in [0.5, 0.6) is 0 Å². The van der Waals surface area contributed by atoms with Gasteiger partial charge in [-0.1, -0.05) is 0 Å². The number of anilines is 1. The third-order valence-electron chi connectivity index (χ3n) is 2.47. The summed E-state index contributed by atoms with van der Waals surface area (Å²) >= 11 is 0. The van der Waals surface area contributed by atoms with Crippen molar-refractivity contribution in [2.45, 2.75) is 25.6 Å². The van der Waals surface area contributed by atoms with Crippen molar-refractivity contribution in [3.63, 3.8) is 0 Å². The lowest BCUT2D eigenvalue weighted by molar-refractivity contribution is 0.0844. The standard InChI is InChI=1S/C10H12FNO/c1-7-6-10(13)12(7)9-4-2-8(11)3-5-9/h2-5,7,10,13H,6H2,1H3. The Bertz CT molecular complexity index is 290. The molecule has 2 atom stereocenters. The van der Waals surface area contributed by atoms with Gasteiger partial charge in [0.1, 0.15) is 12.0 Å². The molecule has 0 bridgehead atoms. The second kappa shape index (κ2) is 3.00. The first-order chi connectivity index (χ1) is 6.18. The van der Waals surface area contributed by atoms with Crippen molar-refractivity contribution in [2.24, 2.45) is 0 Å². The van der Waals surface area contributed by atoms with E-state index >= 15 is 0 Å². The van der Waals surface area contributed by atoms with Gasteiger partial charge in [-0.2, -0.15) is 0 Å². The van der Waals surface area contributed by atoms with Crippen molar-refractivity contribution in [3.05, 3.63) is 30.1 Å². The van der Waals surface area contributed by atoms with Gasteiger partial charge in [-0.25, -0.2) is 4.39 Å². The zero-order chi connectivity index (χ0) is 9.42. The fraction of sp³-hybridized carbons (Fsp3) is 0.400. The second-order valence-corrected chi connectivity index (χ2v) is 3.45. The number of halogens is 1. The molecule has 0 aliphatic carbocycles. The summed E-state index contributed by atoms with van der Waals surface area (Å²) in [6.45, 7) is 2.04. The van der Waals surface area contributed by atoms with E-state index in [1.54, 1.807) is 12.1 Å². The summed E-state index contributed by atoms with van der Waals surface area (Å²) in [5, 5.41) is 9.43. The number of nitrogens with zero attached hydrogens (tertiary/aromatic N) is 1. The summed E-state index contributed by atoms with van der Waals surface area (Å²) in [4.78, 5) is 1.87. The van der Waals surface area contributed by atoms with Crippen LogP contribution in [0.1, 0.15) is 13.3 Å². The van der Waals surface area contributed by atoms with Crippen molar-refractivity contribution >= 4 is 5.69 Å². The summed E-state index contributed by atoms with van der Waals surface area (Å²) in [6.07, 6.45) is 0.387. The Kier molecular flexibility index (Phi) is 1.96. The number of rotatable bonds is 1. The number of aliphatic hydroxyl groups is 1. The molecular formula is C10H12FNO. The molecule has 1 saturated heterocycles. The van der Waals surface area contributed by atoms with Crippen LogP contribution in [0.2, 0.25) is 0 Å². The SMILES string of the molecule is CC1CC(O)N1c1ccc(F)cc1. The van der Waals surface area contributed by atoms with Gasteiger partial charge in [0.05, 0.1) is 0 Å². The molecule has 1 aromatic rings. The molecule has 0 saturated carbocycles. The number of benzene rings is 1. The van der Waals surface area contributed by atoms with Crippen LogP contribution < -0.4 is 4.90 Å². The zero-order valence-electron chi connectivity index (χ0n) is 7.44. The molecule has 3 heteroatoms. The van der Waals surface area contributed by atoms with E-state index in [9.17, 15) is 9.50 Å². The lowest BCUT2D eigenvalue weighted by Crippen LogP contribution is -2.54. The first kappa shape index (κ1) is 8.51. The lowest BCUT2D eigenvalue weighted by atomic mass is 10.0. The van der Waals surface area contributed by atoms with E-state index in [4.69, 9.17) is 0 Å². The molecule has 0 radical (unpaired) electrons. The topological polar surface area (TPSA) is 23.5 Å². The van der Waals surface area contributed by atoms with Gasteiger partial charge in [0, 0.05) is 18.2 Å². The van der Waals surface area contributed by atoms with E-state index in [0.717, 1.165) is 12.1 Å². The largest absolute Gasteiger partial charge is 0.374 e. The average molecular weight is 181 g/mol. The summed E-state index contributed by atoms with van der Waals surface area (Å²) in [6, 6.07) is 6.54.